The molecule has 2 amide bonds. The number of nitrogens with one attached hydrogen (secondary N) is 2. The first-order valence-corrected chi connectivity index (χ1v) is 9.07. The van der Waals surface area contributed by atoms with Crippen molar-refractivity contribution in [3.63, 3.8) is 0 Å². The lowest BCUT2D eigenvalue weighted by Gasteiger charge is -2.23. The summed E-state index contributed by atoms with van der Waals surface area (Å²) < 4.78 is 4.84. The van der Waals surface area contributed by atoms with Gasteiger partial charge in [0.2, 0.25) is 0 Å². The largest absolute Gasteiger partial charge is 0.463 e. The number of carbonyl (C=O) groups is 2. The average Bonchev–Trinajstić information content (AvgIpc) is 2.66. The van der Waals surface area contributed by atoms with Crippen molar-refractivity contribution in [2.45, 2.75) is 26.8 Å². The van der Waals surface area contributed by atoms with E-state index < -0.39 is 0 Å². The highest BCUT2D eigenvalue weighted by molar-refractivity contribution is 5.90. The Balaban J connectivity index is 1.96. The lowest BCUT2D eigenvalue weighted by molar-refractivity contribution is -0.137. The lowest BCUT2D eigenvalue weighted by atomic mass is 9.96. The molecule has 1 atom stereocenters. The molecule has 0 aliphatic heterocycles. The number of ether oxygens (including phenoxy) is 1. The van der Waals surface area contributed by atoms with E-state index in [1.807, 2.05) is 42.5 Å². The van der Waals surface area contributed by atoms with Gasteiger partial charge in [0, 0.05) is 11.8 Å². The van der Waals surface area contributed by atoms with Crippen LogP contribution in [0.5, 0.6) is 0 Å². The van der Waals surface area contributed by atoms with Gasteiger partial charge in [0.05, 0.1) is 12.6 Å². The van der Waals surface area contributed by atoms with E-state index in [1.165, 1.54) is 6.08 Å². The van der Waals surface area contributed by atoms with Crippen molar-refractivity contribution in [1.82, 2.24) is 5.32 Å². The van der Waals surface area contributed by atoms with Crippen LogP contribution in [0, 0.1) is 5.92 Å². The van der Waals surface area contributed by atoms with E-state index >= 15 is 0 Å². The number of hydrogen-bond donors (Lipinski definition) is 2. The molecular weight excluding hydrogens is 340 g/mol. The molecule has 0 spiro atoms. The molecular formula is C22H26N2O3. The standard InChI is InChI=1S/C22H26N2O3/c1-4-27-20(25)15-12-17-10-13-19(14-11-17)23-22(26)24-21(16(2)3)18-8-6-5-7-9-18/h5-16,21H,4H2,1-3H3,(H2,23,24,26)/b15-12+. The van der Waals surface area contributed by atoms with Gasteiger partial charge in [-0.05, 0) is 42.2 Å². The van der Waals surface area contributed by atoms with Crippen LogP contribution in [-0.2, 0) is 9.53 Å². The maximum atomic E-state index is 12.4. The number of amides is 2. The second-order valence-electron chi connectivity index (χ2n) is 6.44. The van der Waals surface area contributed by atoms with Crippen LogP contribution in [0.2, 0.25) is 0 Å². The predicted octanol–water partition coefficient (Wildman–Crippen LogP) is 4.78. The highest BCUT2D eigenvalue weighted by Gasteiger charge is 2.18. The van der Waals surface area contributed by atoms with Gasteiger partial charge in [-0.3, -0.25) is 0 Å². The molecule has 5 heteroatoms. The van der Waals surface area contributed by atoms with E-state index in [-0.39, 0.29) is 24.0 Å². The summed E-state index contributed by atoms with van der Waals surface area (Å²) >= 11 is 0. The summed E-state index contributed by atoms with van der Waals surface area (Å²) in [5, 5.41) is 5.87. The molecule has 0 bridgehead atoms. The van der Waals surface area contributed by atoms with E-state index in [0.29, 0.717) is 12.3 Å². The Labute approximate surface area is 160 Å². The molecule has 0 aliphatic rings. The summed E-state index contributed by atoms with van der Waals surface area (Å²) in [4.78, 5) is 23.7. The number of anilines is 1. The number of carbonyl (C=O) groups excluding carboxylic acids is 2. The highest BCUT2D eigenvalue weighted by Crippen LogP contribution is 2.21. The van der Waals surface area contributed by atoms with Crippen molar-refractivity contribution in [1.29, 1.82) is 0 Å². The van der Waals surface area contributed by atoms with Crippen LogP contribution in [0.3, 0.4) is 0 Å². The van der Waals surface area contributed by atoms with Crippen LogP contribution < -0.4 is 10.6 Å². The summed E-state index contributed by atoms with van der Waals surface area (Å²) in [7, 11) is 0. The molecule has 0 aromatic heterocycles. The first kappa shape index (κ1) is 20.2. The van der Waals surface area contributed by atoms with E-state index in [1.54, 1.807) is 25.1 Å². The monoisotopic (exact) mass is 366 g/mol. The van der Waals surface area contributed by atoms with Crippen LogP contribution in [0.25, 0.3) is 6.08 Å². The summed E-state index contributed by atoms with van der Waals surface area (Å²) in [6, 6.07) is 16.8. The SMILES string of the molecule is CCOC(=O)/C=C/c1ccc(NC(=O)NC(c2ccccc2)C(C)C)cc1. The first-order chi connectivity index (χ1) is 13.0. The third-order valence-corrected chi connectivity index (χ3v) is 3.98. The minimum Gasteiger partial charge on any atom is -0.463 e. The van der Waals surface area contributed by atoms with Crippen molar-refractivity contribution >= 4 is 23.8 Å². The molecule has 0 saturated carbocycles. The number of rotatable bonds is 7. The van der Waals surface area contributed by atoms with E-state index in [4.69, 9.17) is 4.74 Å². The zero-order chi connectivity index (χ0) is 19.6. The number of urea groups is 1. The normalized spacial score (nSPS) is 12.0. The predicted molar refractivity (Wildman–Crippen MR) is 108 cm³/mol. The van der Waals surface area contributed by atoms with Crippen molar-refractivity contribution in [2.75, 3.05) is 11.9 Å². The first-order valence-electron chi connectivity index (χ1n) is 9.07. The zero-order valence-electron chi connectivity index (χ0n) is 15.9. The van der Waals surface area contributed by atoms with Crippen LogP contribution in [0.1, 0.15) is 37.9 Å². The molecule has 2 aromatic rings. The lowest BCUT2D eigenvalue weighted by Crippen LogP contribution is -2.35. The summed E-state index contributed by atoms with van der Waals surface area (Å²) in [5.74, 6) is -0.117. The van der Waals surface area contributed by atoms with Gasteiger partial charge in [0.25, 0.3) is 0 Å². The van der Waals surface area contributed by atoms with Crippen LogP contribution in [-0.4, -0.2) is 18.6 Å². The molecule has 2 aromatic carbocycles. The molecule has 0 heterocycles. The fraction of sp³-hybridized carbons (Fsp3) is 0.273. The molecule has 5 nitrogen and oxygen atoms in total. The third-order valence-electron chi connectivity index (χ3n) is 3.98. The van der Waals surface area contributed by atoms with Crippen LogP contribution in [0.15, 0.2) is 60.7 Å². The van der Waals surface area contributed by atoms with Gasteiger partial charge in [0.1, 0.15) is 0 Å². The maximum absolute atomic E-state index is 12.4. The summed E-state index contributed by atoms with van der Waals surface area (Å²) in [6.07, 6.45) is 3.05. The Bertz CT molecular complexity index is 768. The molecule has 1 unspecified atom stereocenters. The van der Waals surface area contributed by atoms with Gasteiger partial charge >= 0.3 is 12.0 Å². The minimum atomic E-state index is -0.375. The van der Waals surface area contributed by atoms with E-state index in [9.17, 15) is 9.59 Å². The Kier molecular flexibility index (Phi) is 7.62. The van der Waals surface area contributed by atoms with Gasteiger partial charge < -0.3 is 15.4 Å². The molecule has 0 fully saturated rings. The van der Waals surface area contributed by atoms with Gasteiger partial charge in [-0.25, -0.2) is 9.59 Å². The van der Waals surface area contributed by atoms with Crippen LogP contribution in [0.4, 0.5) is 10.5 Å². The molecule has 27 heavy (non-hydrogen) atoms. The Morgan fingerprint density at radius 1 is 1.04 bits per heavy atom. The molecule has 0 aliphatic carbocycles. The van der Waals surface area contributed by atoms with Crippen molar-refractivity contribution in [3.05, 3.63) is 71.8 Å². The molecule has 0 saturated heterocycles. The number of benzene rings is 2. The average molecular weight is 366 g/mol. The minimum absolute atomic E-state index is 0.0713. The second kappa shape index (κ2) is 10.2. The van der Waals surface area contributed by atoms with Crippen molar-refractivity contribution in [2.24, 2.45) is 5.92 Å². The molecule has 0 radical (unpaired) electrons. The summed E-state index contributed by atoms with van der Waals surface area (Å²) in [5.41, 5.74) is 2.59. The van der Waals surface area contributed by atoms with Crippen molar-refractivity contribution in [3.8, 4) is 0 Å². The van der Waals surface area contributed by atoms with Crippen LogP contribution >= 0.6 is 0 Å². The molecule has 2 N–H and O–H groups in total. The summed E-state index contributed by atoms with van der Waals surface area (Å²) in [6.45, 7) is 6.26. The Morgan fingerprint density at radius 2 is 1.70 bits per heavy atom. The van der Waals surface area contributed by atoms with Crippen molar-refractivity contribution < 1.29 is 14.3 Å². The fourth-order valence-electron chi connectivity index (χ4n) is 2.64. The number of hydrogen-bond acceptors (Lipinski definition) is 3. The van der Waals surface area contributed by atoms with Gasteiger partial charge in [-0.2, -0.15) is 0 Å². The molecule has 142 valence electrons. The van der Waals surface area contributed by atoms with Gasteiger partial charge in [-0.15, -0.1) is 0 Å². The van der Waals surface area contributed by atoms with E-state index in [0.717, 1.165) is 11.1 Å². The quantitative estimate of drug-likeness (QED) is 0.547. The van der Waals surface area contributed by atoms with Gasteiger partial charge in [-0.1, -0.05) is 56.3 Å². The maximum Gasteiger partial charge on any atom is 0.330 e. The third kappa shape index (κ3) is 6.62. The van der Waals surface area contributed by atoms with Gasteiger partial charge in [0.15, 0.2) is 0 Å². The highest BCUT2D eigenvalue weighted by atomic mass is 16.5. The zero-order valence-corrected chi connectivity index (χ0v) is 15.9. The fourth-order valence-corrected chi connectivity index (χ4v) is 2.64. The van der Waals surface area contributed by atoms with E-state index in [2.05, 4.69) is 24.5 Å². The number of esters is 1. The molecule has 2 rings (SSSR count). The Morgan fingerprint density at radius 3 is 2.30 bits per heavy atom. The smallest absolute Gasteiger partial charge is 0.330 e. The topological polar surface area (TPSA) is 67.4 Å². The second-order valence-corrected chi connectivity index (χ2v) is 6.44. The Hall–Kier alpha value is -3.08.